The van der Waals surface area contributed by atoms with Crippen LogP contribution in [0.25, 0.3) is 16.6 Å². The molecule has 1 aliphatic rings. The minimum atomic E-state index is -0.631. The van der Waals surface area contributed by atoms with Crippen molar-refractivity contribution in [2.24, 2.45) is 0 Å². The van der Waals surface area contributed by atoms with Gasteiger partial charge in [0.1, 0.15) is 24.1 Å². The lowest BCUT2D eigenvalue weighted by Gasteiger charge is -2.28. The topological polar surface area (TPSA) is 54.7 Å². The molecule has 8 heteroatoms. The van der Waals surface area contributed by atoms with E-state index in [-0.39, 0.29) is 12.2 Å². The van der Waals surface area contributed by atoms with Crippen LogP contribution in [0.1, 0.15) is 16.8 Å². The number of pyridine rings is 2. The Balaban J connectivity index is 1.53. The largest absolute Gasteiger partial charge is 0.473 e. The Morgan fingerprint density at radius 2 is 1.79 bits per heavy atom. The first-order valence-electron chi connectivity index (χ1n) is 11.0. The third kappa shape index (κ3) is 4.14. The molecule has 1 fully saturated rings. The molecule has 4 heterocycles. The Labute approximate surface area is 190 Å². The number of nitrogens with zero attached hydrogens (tertiary/aromatic N) is 4. The van der Waals surface area contributed by atoms with Crippen LogP contribution < -0.4 is 15.0 Å². The summed E-state index contributed by atoms with van der Waals surface area (Å²) in [7, 11) is 0. The molecule has 0 radical (unpaired) electrons. The number of piperazine rings is 1. The standard InChI is InChI=1S/C25H25F2N5O/c1-16-12-22-25(18-6-7-29-23(14-18)31-10-8-28-9-11-31)17(2)30-32(22)24(13-16)33-15-19-20(26)4-3-5-21(19)27/h3-7,12-14,28H,8-11,15H2,1-2H3. The number of anilines is 1. The molecule has 0 aliphatic carbocycles. The Morgan fingerprint density at radius 3 is 2.55 bits per heavy atom. The van der Waals surface area contributed by atoms with Crippen molar-refractivity contribution in [3.63, 3.8) is 0 Å². The highest BCUT2D eigenvalue weighted by Gasteiger charge is 2.19. The molecule has 0 spiro atoms. The Hall–Kier alpha value is -3.52. The lowest BCUT2D eigenvalue weighted by atomic mass is 10.0. The molecule has 4 aromatic rings. The third-order valence-electron chi connectivity index (χ3n) is 5.92. The van der Waals surface area contributed by atoms with Crippen LogP contribution in [0.15, 0.2) is 48.7 Å². The first-order chi connectivity index (χ1) is 16.0. The van der Waals surface area contributed by atoms with E-state index in [0.717, 1.165) is 59.9 Å². The number of nitrogens with one attached hydrogen (secondary N) is 1. The van der Waals surface area contributed by atoms with Gasteiger partial charge in [0.15, 0.2) is 0 Å². The zero-order valence-electron chi connectivity index (χ0n) is 18.6. The fraction of sp³-hybridized carbons (Fsp3) is 0.280. The molecule has 0 amide bonds. The van der Waals surface area contributed by atoms with Gasteiger partial charge in [-0.25, -0.2) is 18.3 Å². The van der Waals surface area contributed by atoms with Crippen LogP contribution in [0.5, 0.6) is 5.88 Å². The van der Waals surface area contributed by atoms with Gasteiger partial charge in [-0.2, -0.15) is 5.10 Å². The molecule has 1 saturated heterocycles. The second kappa shape index (κ2) is 8.78. The minimum Gasteiger partial charge on any atom is -0.473 e. The summed E-state index contributed by atoms with van der Waals surface area (Å²) in [4.78, 5) is 6.84. The van der Waals surface area contributed by atoms with Gasteiger partial charge in [-0.15, -0.1) is 0 Å². The number of ether oxygens (including phenoxy) is 1. The van der Waals surface area contributed by atoms with E-state index < -0.39 is 11.6 Å². The van der Waals surface area contributed by atoms with Crippen molar-refractivity contribution in [1.29, 1.82) is 0 Å². The van der Waals surface area contributed by atoms with Crippen molar-refractivity contribution in [2.45, 2.75) is 20.5 Å². The summed E-state index contributed by atoms with van der Waals surface area (Å²) >= 11 is 0. The summed E-state index contributed by atoms with van der Waals surface area (Å²) in [6.45, 7) is 7.37. The smallest absolute Gasteiger partial charge is 0.215 e. The van der Waals surface area contributed by atoms with Crippen LogP contribution in [0.2, 0.25) is 0 Å². The summed E-state index contributed by atoms with van der Waals surface area (Å²) < 4.78 is 35.7. The van der Waals surface area contributed by atoms with Crippen molar-refractivity contribution >= 4 is 11.3 Å². The maximum absolute atomic E-state index is 14.1. The molecule has 33 heavy (non-hydrogen) atoms. The highest BCUT2D eigenvalue weighted by molar-refractivity contribution is 5.84. The molecule has 6 nitrogen and oxygen atoms in total. The molecular formula is C25H25F2N5O. The lowest BCUT2D eigenvalue weighted by Crippen LogP contribution is -2.43. The van der Waals surface area contributed by atoms with Crippen molar-refractivity contribution in [3.05, 3.63) is 77.1 Å². The van der Waals surface area contributed by atoms with Gasteiger partial charge in [0.25, 0.3) is 0 Å². The summed E-state index contributed by atoms with van der Waals surface area (Å²) in [6, 6.07) is 11.7. The first kappa shape index (κ1) is 21.3. The van der Waals surface area contributed by atoms with Gasteiger partial charge in [0.05, 0.1) is 16.8 Å². The average Bonchev–Trinajstić information content (AvgIpc) is 3.15. The van der Waals surface area contributed by atoms with Gasteiger partial charge >= 0.3 is 0 Å². The second-order valence-electron chi connectivity index (χ2n) is 8.26. The fourth-order valence-electron chi connectivity index (χ4n) is 4.28. The Bertz CT molecular complexity index is 1290. The monoisotopic (exact) mass is 449 g/mol. The Kier molecular flexibility index (Phi) is 5.68. The predicted octanol–water partition coefficient (Wildman–Crippen LogP) is 4.28. The molecule has 0 saturated carbocycles. The summed E-state index contributed by atoms with van der Waals surface area (Å²) in [5.41, 5.74) is 4.56. The number of aryl methyl sites for hydroxylation is 2. The zero-order valence-corrected chi connectivity index (χ0v) is 18.6. The number of fused-ring (bicyclic) bond motifs is 1. The summed E-state index contributed by atoms with van der Waals surface area (Å²) in [5.74, 6) is 0.104. The van der Waals surface area contributed by atoms with Gasteiger partial charge in [-0.05, 0) is 55.3 Å². The van der Waals surface area contributed by atoms with E-state index in [2.05, 4.69) is 21.3 Å². The average molecular weight is 450 g/mol. The van der Waals surface area contributed by atoms with E-state index in [1.807, 2.05) is 38.2 Å². The zero-order chi connectivity index (χ0) is 22.9. The maximum atomic E-state index is 14.1. The molecule has 3 aromatic heterocycles. The summed E-state index contributed by atoms with van der Waals surface area (Å²) in [5, 5.41) is 8.05. The SMILES string of the molecule is Cc1cc(OCc2c(F)cccc2F)n2nc(C)c(-c3ccnc(N4CCNCC4)c3)c2c1. The first-order valence-corrected chi connectivity index (χ1v) is 11.0. The van der Waals surface area contributed by atoms with E-state index in [1.165, 1.54) is 18.2 Å². The lowest BCUT2D eigenvalue weighted by molar-refractivity contribution is 0.274. The number of aromatic nitrogens is 3. The third-order valence-corrected chi connectivity index (χ3v) is 5.92. The highest BCUT2D eigenvalue weighted by atomic mass is 19.1. The second-order valence-corrected chi connectivity index (χ2v) is 8.26. The van der Waals surface area contributed by atoms with Crippen LogP contribution in [0.4, 0.5) is 14.6 Å². The molecule has 1 N–H and O–H groups in total. The van der Waals surface area contributed by atoms with Crippen molar-refractivity contribution in [3.8, 4) is 17.0 Å². The maximum Gasteiger partial charge on any atom is 0.215 e. The number of halogens is 2. The van der Waals surface area contributed by atoms with Crippen LogP contribution in [0, 0.1) is 25.5 Å². The van der Waals surface area contributed by atoms with Crippen LogP contribution in [-0.2, 0) is 6.61 Å². The highest BCUT2D eigenvalue weighted by Crippen LogP contribution is 2.33. The molecule has 0 bridgehead atoms. The van der Waals surface area contributed by atoms with Crippen molar-refractivity contribution in [1.82, 2.24) is 19.9 Å². The molecule has 0 unspecified atom stereocenters. The number of benzene rings is 1. The van der Waals surface area contributed by atoms with Gasteiger partial charge in [0.2, 0.25) is 5.88 Å². The predicted molar refractivity (Wildman–Crippen MR) is 124 cm³/mol. The van der Waals surface area contributed by atoms with E-state index in [1.54, 1.807) is 4.52 Å². The molecular weight excluding hydrogens is 424 g/mol. The van der Waals surface area contributed by atoms with E-state index in [4.69, 9.17) is 9.84 Å². The van der Waals surface area contributed by atoms with Crippen molar-refractivity contribution < 1.29 is 13.5 Å². The van der Waals surface area contributed by atoms with Gasteiger partial charge < -0.3 is 15.0 Å². The molecule has 1 aliphatic heterocycles. The normalized spacial score (nSPS) is 14.1. The summed E-state index contributed by atoms with van der Waals surface area (Å²) in [6.07, 6.45) is 1.82. The quantitative estimate of drug-likeness (QED) is 0.493. The fourth-order valence-corrected chi connectivity index (χ4v) is 4.28. The number of hydrogen-bond donors (Lipinski definition) is 1. The van der Waals surface area contributed by atoms with Crippen LogP contribution >= 0.6 is 0 Å². The molecule has 170 valence electrons. The van der Waals surface area contributed by atoms with Gasteiger partial charge in [-0.1, -0.05) is 6.07 Å². The molecule has 1 aromatic carbocycles. The number of rotatable bonds is 5. The molecule has 0 atom stereocenters. The minimum absolute atomic E-state index is 0.106. The van der Waals surface area contributed by atoms with E-state index in [9.17, 15) is 8.78 Å². The van der Waals surface area contributed by atoms with E-state index in [0.29, 0.717) is 5.88 Å². The van der Waals surface area contributed by atoms with Crippen molar-refractivity contribution in [2.75, 3.05) is 31.1 Å². The number of hydrogen-bond acceptors (Lipinski definition) is 5. The van der Waals surface area contributed by atoms with Gasteiger partial charge in [0, 0.05) is 44.0 Å². The Morgan fingerprint density at radius 1 is 1.03 bits per heavy atom. The van der Waals surface area contributed by atoms with Crippen LogP contribution in [0.3, 0.4) is 0 Å². The van der Waals surface area contributed by atoms with E-state index >= 15 is 0 Å². The van der Waals surface area contributed by atoms with Gasteiger partial charge in [-0.3, -0.25) is 0 Å². The van der Waals surface area contributed by atoms with Crippen LogP contribution in [-0.4, -0.2) is 40.8 Å². The molecule has 5 rings (SSSR count).